The number of nitrogens with two attached hydrogens (primary N) is 1. The summed E-state index contributed by atoms with van der Waals surface area (Å²) in [5, 5.41) is 3.40. The highest BCUT2D eigenvalue weighted by atomic mass is 127. The molecule has 2 rings (SSSR count). The van der Waals surface area contributed by atoms with Crippen LogP contribution in [-0.4, -0.2) is 27.2 Å². The Morgan fingerprint density at radius 1 is 1.28 bits per heavy atom. The quantitative estimate of drug-likeness (QED) is 0.386. The SMILES string of the molecule is COc1ccc(NC(N)=NCc2ccc(N(C)C)c(F)c2)cc1Cl.I. The predicted molar refractivity (Wildman–Crippen MR) is 113 cm³/mol. The molecule has 0 radical (unpaired) electrons. The Hall–Kier alpha value is -1.74. The van der Waals surface area contributed by atoms with Gasteiger partial charge in [-0.15, -0.1) is 24.0 Å². The van der Waals surface area contributed by atoms with Crippen LogP contribution in [0.15, 0.2) is 41.4 Å². The van der Waals surface area contributed by atoms with E-state index in [0.717, 1.165) is 5.56 Å². The van der Waals surface area contributed by atoms with Gasteiger partial charge in [-0.25, -0.2) is 9.38 Å². The first kappa shape index (κ1) is 21.3. The average Bonchev–Trinajstić information content (AvgIpc) is 2.53. The van der Waals surface area contributed by atoms with Gasteiger partial charge in [0.05, 0.1) is 24.4 Å². The van der Waals surface area contributed by atoms with Crippen LogP contribution >= 0.6 is 35.6 Å². The summed E-state index contributed by atoms with van der Waals surface area (Å²) >= 11 is 6.05. The fraction of sp³-hybridized carbons (Fsp3) is 0.235. The summed E-state index contributed by atoms with van der Waals surface area (Å²) in [6.45, 7) is 0.271. The van der Waals surface area contributed by atoms with Gasteiger partial charge in [0.25, 0.3) is 0 Å². The third-order valence-electron chi connectivity index (χ3n) is 3.35. The van der Waals surface area contributed by atoms with Gasteiger partial charge < -0.3 is 20.7 Å². The number of anilines is 2. The lowest BCUT2D eigenvalue weighted by molar-refractivity contribution is 0.415. The van der Waals surface area contributed by atoms with E-state index in [-0.39, 0.29) is 42.3 Å². The maximum atomic E-state index is 13.9. The zero-order chi connectivity index (χ0) is 17.7. The van der Waals surface area contributed by atoms with Crippen LogP contribution < -0.4 is 20.7 Å². The number of hydrogen-bond acceptors (Lipinski definition) is 3. The Kier molecular flexibility index (Phi) is 8.24. The molecule has 0 fully saturated rings. The lowest BCUT2D eigenvalue weighted by Crippen LogP contribution is -2.22. The van der Waals surface area contributed by atoms with Crippen molar-refractivity contribution in [3.05, 3.63) is 52.8 Å². The van der Waals surface area contributed by atoms with Gasteiger partial charge in [-0.3, -0.25) is 0 Å². The molecule has 0 saturated carbocycles. The van der Waals surface area contributed by atoms with Gasteiger partial charge in [0, 0.05) is 19.8 Å². The normalized spacial score (nSPS) is 10.8. The van der Waals surface area contributed by atoms with Crippen LogP contribution in [0.25, 0.3) is 0 Å². The molecule has 0 heterocycles. The second-order valence-electron chi connectivity index (χ2n) is 5.36. The van der Waals surface area contributed by atoms with E-state index in [0.29, 0.717) is 22.1 Å². The number of halogens is 3. The first-order valence-corrected chi connectivity index (χ1v) is 7.64. The molecule has 0 aliphatic carbocycles. The molecule has 8 heteroatoms. The van der Waals surface area contributed by atoms with Crippen molar-refractivity contribution in [3.63, 3.8) is 0 Å². The third kappa shape index (κ3) is 5.93. The number of guanidine groups is 1. The highest BCUT2D eigenvalue weighted by Crippen LogP contribution is 2.27. The summed E-state index contributed by atoms with van der Waals surface area (Å²) in [6.07, 6.45) is 0. The fourth-order valence-electron chi connectivity index (χ4n) is 2.12. The van der Waals surface area contributed by atoms with E-state index in [9.17, 15) is 4.39 Å². The number of ether oxygens (including phenoxy) is 1. The van der Waals surface area contributed by atoms with Gasteiger partial charge in [-0.1, -0.05) is 17.7 Å². The summed E-state index contributed by atoms with van der Waals surface area (Å²) in [7, 11) is 5.13. The maximum absolute atomic E-state index is 13.9. The molecule has 0 saturated heterocycles. The van der Waals surface area contributed by atoms with Crippen LogP contribution in [0.5, 0.6) is 5.75 Å². The van der Waals surface area contributed by atoms with Crippen molar-refractivity contribution >= 4 is 52.9 Å². The fourth-order valence-corrected chi connectivity index (χ4v) is 2.38. The maximum Gasteiger partial charge on any atom is 0.193 e. The van der Waals surface area contributed by atoms with Crippen LogP contribution in [0, 0.1) is 5.82 Å². The van der Waals surface area contributed by atoms with Crippen molar-refractivity contribution in [2.75, 3.05) is 31.4 Å². The Balaban J connectivity index is 0.00000312. The van der Waals surface area contributed by atoms with E-state index in [1.54, 1.807) is 50.4 Å². The first-order valence-electron chi connectivity index (χ1n) is 7.27. The molecular weight excluding hydrogens is 458 g/mol. The first-order chi connectivity index (χ1) is 11.4. The summed E-state index contributed by atoms with van der Waals surface area (Å²) in [6, 6.07) is 10.2. The smallest absolute Gasteiger partial charge is 0.193 e. The van der Waals surface area contributed by atoms with E-state index in [1.165, 1.54) is 6.07 Å². The molecule has 136 valence electrons. The third-order valence-corrected chi connectivity index (χ3v) is 3.65. The Morgan fingerprint density at radius 3 is 2.56 bits per heavy atom. The molecule has 0 aliphatic rings. The minimum atomic E-state index is -0.291. The highest BCUT2D eigenvalue weighted by molar-refractivity contribution is 14.0. The summed E-state index contributed by atoms with van der Waals surface area (Å²) < 4.78 is 19.0. The van der Waals surface area contributed by atoms with Crippen molar-refractivity contribution in [1.82, 2.24) is 0 Å². The standard InChI is InChI=1S/C17H20ClFN4O.HI/c1-23(2)15-6-4-11(8-14(15)19)10-21-17(20)22-12-5-7-16(24-3)13(18)9-12;/h4-9H,10H2,1-3H3,(H3,20,21,22);1H. The largest absolute Gasteiger partial charge is 0.495 e. The lowest BCUT2D eigenvalue weighted by atomic mass is 10.2. The molecule has 2 aromatic carbocycles. The van der Waals surface area contributed by atoms with Gasteiger partial charge in [0.1, 0.15) is 11.6 Å². The van der Waals surface area contributed by atoms with E-state index in [1.807, 2.05) is 6.07 Å². The van der Waals surface area contributed by atoms with Crippen LogP contribution in [0.3, 0.4) is 0 Å². The summed E-state index contributed by atoms with van der Waals surface area (Å²) in [5.41, 5.74) is 7.81. The molecule has 0 atom stereocenters. The molecule has 0 bridgehead atoms. The molecule has 0 amide bonds. The zero-order valence-corrected chi connectivity index (χ0v) is 17.3. The van der Waals surface area contributed by atoms with E-state index < -0.39 is 0 Å². The van der Waals surface area contributed by atoms with Crippen molar-refractivity contribution in [2.24, 2.45) is 10.7 Å². The lowest BCUT2D eigenvalue weighted by Gasteiger charge is -2.13. The molecular formula is C17H21ClFIN4O. The highest BCUT2D eigenvalue weighted by Gasteiger charge is 2.06. The van der Waals surface area contributed by atoms with E-state index in [4.69, 9.17) is 22.1 Å². The van der Waals surface area contributed by atoms with Gasteiger partial charge in [-0.05, 0) is 35.9 Å². The predicted octanol–water partition coefficient (Wildman–Crippen LogP) is 4.10. The molecule has 3 N–H and O–H groups in total. The van der Waals surface area contributed by atoms with Gasteiger partial charge in [-0.2, -0.15) is 0 Å². The average molecular weight is 479 g/mol. The van der Waals surface area contributed by atoms with Crippen molar-refractivity contribution < 1.29 is 9.13 Å². The minimum absolute atomic E-state index is 0. The number of hydrogen-bond donors (Lipinski definition) is 2. The number of nitrogens with one attached hydrogen (secondary N) is 1. The summed E-state index contributed by atoms with van der Waals surface area (Å²) in [4.78, 5) is 5.92. The molecule has 0 unspecified atom stereocenters. The van der Waals surface area contributed by atoms with E-state index in [2.05, 4.69) is 10.3 Å². The zero-order valence-electron chi connectivity index (χ0n) is 14.2. The van der Waals surface area contributed by atoms with Crippen molar-refractivity contribution in [2.45, 2.75) is 6.54 Å². The van der Waals surface area contributed by atoms with Gasteiger partial charge in [0.2, 0.25) is 0 Å². The number of aliphatic imine (C=N–C) groups is 1. The molecule has 25 heavy (non-hydrogen) atoms. The Bertz CT molecular complexity index is 755. The van der Waals surface area contributed by atoms with Gasteiger partial charge in [0.15, 0.2) is 5.96 Å². The second kappa shape index (κ2) is 9.67. The summed E-state index contributed by atoms with van der Waals surface area (Å²) in [5.74, 6) is 0.503. The van der Waals surface area contributed by atoms with Crippen molar-refractivity contribution in [1.29, 1.82) is 0 Å². The molecule has 0 aliphatic heterocycles. The van der Waals surface area contributed by atoms with Crippen molar-refractivity contribution in [3.8, 4) is 5.75 Å². The molecule has 2 aromatic rings. The monoisotopic (exact) mass is 478 g/mol. The number of methoxy groups -OCH3 is 1. The van der Waals surface area contributed by atoms with Crippen LogP contribution in [-0.2, 0) is 6.54 Å². The molecule has 5 nitrogen and oxygen atoms in total. The number of benzene rings is 2. The van der Waals surface area contributed by atoms with E-state index >= 15 is 0 Å². The topological polar surface area (TPSA) is 62.9 Å². The second-order valence-corrected chi connectivity index (χ2v) is 5.76. The minimum Gasteiger partial charge on any atom is -0.495 e. The Morgan fingerprint density at radius 2 is 2.00 bits per heavy atom. The molecule has 0 spiro atoms. The molecule has 0 aromatic heterocycles. The number of nitrogens with zero attached hydrogens (tertiary/aromatic N) is 2. The Labute approximate surface area is 169 Å². The van der Waals surface area contributed by atoms with Gasteiger partial charge >= 0.3 is 0 Å². The van der Waals surface area contributed by atoms with Crippen LogP contribution in [0.4, 0.5) is 15.8 Å². The van der Waals surface area contributed by atoms with Crippen LogP contribution in [0.1, 0.15) is 5.56 Å². The number of rotatable bonds is 5. The van der Waals surface area contributed by atoms with Crippen LogP contribution in [0.2, 0.25) is 5.02 Å².